The summed E-state index contributed by atoms with van der Waals surface area (Å²) in [6.07, 6.45) is -2.49. The Kier molecular flexibility index (Phi) is 7.81. The Morgan fingerprint density at radius 1 is 1.38 bits per heavy atom. The molecule has 0 atom stereocenters. The van der Waals surface area contributed by atoms with Gasteiger partial charge in [0.25, 0.3) is 6.43 Å². The Labute approximate surface area is 100.0 Å². The van der Waals surface area contributed by atoms with Crippen LogP contribution in [-0.4, -0.2) is 12.5 Å². The van der Waals surface area contributed by atoms with Crippen LogP contribution < -0.4 is 0 Å². The molecule has 0 heterocycles. The van der Waals surface area contributed by atoms with Gasteiger partial charge in [0, 0.05) is 10.5 Å². The van der Waals surface area contributed by atoms with E-state index in [-0.39, 0.29) is 5.56 Å². The molecular formula is C12H17F2NS. The first-order valence-corrected chi connectivity index (χ1v) is 6.19. The van der Waals surface area contributed by atoms with Crippen LogP contribution >= 0.6 is 11.8 Å². The van der Waals surface area contributed by atoms with E-state index in [4.69, 9.17) is 0 Å². The largest absolute Gasteiger partial charge is 0.265 e. The van der Waals surface area contributed by atoms with Gasteiger partial charge in [0.05, 0.1) is 5.69 Å². The number of halogens is 2. The second kappa shape index (κ2) is 8.28. The van der Waals surface area contributed by atoms with Crippen LogP contribution in [0.2, 0.25) is 0 Å². The van der Waals surface area contributed by atoms with Gasteiger partial charge in [0.15, 0.2) is 0 Å². The summed E-state index contributed by atoms with van der Waals surface area (Å²) in [5.41, 5.74) is 0.271. The normalized spacial score (nSPS) is 9.62. The number of hydrogen-bond acceptors (Lipinski definition) is 2. The maximum Gasteiger partial charge on any atom is 0.265 e. The lowest BCUT2D eigenvalue weighted by molar-refractivity contribution is 0.152. The SMILES string of the molecule is C=Nc1c(SCC)cccc1C(F)F.CC. The lowest BCUT2D eigenvalue weighted by Gasteiger charge is -2.08. The molecule has 0 spiro atoms. The summed E-state index contributed by atoms with van der Waals surface area (Å²) in [5.74, 6) is 0.829. The van der Waals surface area contributed by atoms with E-state index in [9.17, 15) is 8.78 Å². The number of rotatable bonds is 4. The van der Waals surface area contributed by atoms with Crippen LogP contribution in [-0.2, 0) is 0 Å². The Bertz CT molecular complexity index is 327. The third-order valence-corrected chi connectivity index (χ3v) is 2.65. The van der Waals surface area contributed by atoms with Gasteiger partial charge in [0.2, 0.25) is 0 Å². The third-order valence-electron chi connectivity index (χ3n) is 1.72. The fraction of sp³-hybridized carbons (Fsp3) is 0.417. The third kappa shape index (κ3) is 3.93. The van der Waals surface area contributed by atoms with Gasteiger partial charge in [-0.3, -0.25) is 4.99 Å². The van der Waals surface area contributed by atoms with Crippen LogP contribution in [0, 0.1) is 0 Å². The van der Waals surface area contributed by atoms with E-state index in [0.29, 0.717) is 5.69 Å². The Morgan fingerprint density at radius 3 is 2.44 bits per heavy atom. The first-order valence-electron chi connectivity index (χ1n) is 5.21. The molecule has 0 N–H and O–H groups in total. The molecule has 16 heavy (non-hydrogen) atoms. The first kappa shape index (κ1) is 15.1. The summed E-state index contributed by atoms with van der Waals surface area (Å²) in [7, 11) is 0. The van der Waals surface area contributed by atoms with Crippen molar-refractivity contribution in [1.82, 2.24) is 0 Å². The van der Waals surface area contributed by atoms with Crippen molar-refractivity contribution in [3.8, 4) is 0 Å². The minimum Gasteiger partial charge on any atom is -0.263 e. The van der Waals surface area contributed by atoms with Crippen LogP contribution in [0.15, 0.2) is 28.1 Å². The maximum atomic E-state index is 12.5. The Hall–Kier alpha value is -0.900. The lowest BCUT2D eigenvalue weighted by atomic mass is 10.2. The molecule has 4 heteroatoms. The van der Waals surface area contributed by atoms with E-state index in [1.54, 1.807) is 12.1 Å². The summed E-state index contributed by atoms with van der Waals surface area (Å²) in [5, 5.41) is 0. The van der Waals surface area contributed by atoms with Crippen molar-refractivity contribution < 1.29 is 8.78 Å². The molecule has 0 radical (unpaired) electrons. The highest BCUT2D eigenvalue weighted by atomic mass is 32.2. The Morgan fingerprint density at radius 2 is 2.00 bits per heavy atom. The molecule has 0 aliphatic heterocycles. The zero-order valence-electron chi connectivity index (χ0n) is 9.84. The standard InChI is InChI=1S/C10H11F2NS.C2H6/c1-3-14-8-6-4-5-7(10(11)12)9(8)13-2;1-2/h4-6,10H,2-3H2,1H3;1-2H3. The molecule has 0 aliphatic rings. The molecule has 0 fully saturated rings. The van der Waals surface area contributed by atoms with Gasteiger partial charge in [-0.15, -0.1) is 11.8 Å². The lowest BCUT2D eigenvalue weighted by Crippen LogP contribution is -1.87. The van der Waals surface area contributed by atoms with Crippen molar-refractivity contribution in [2.45, 2.75) is 32.1 Å². The summed E-state index contributed by atoms with van der Waals surface area (Å²) in [6, 6.07) is 4.78. The minimum absolute atomic E-state index is 0.0431. The highest BCUT2D eigenvalue weighted by Crippen LogP contribution is 2.37. The average Bonchev–Trinajstić information content (AvgIpc) is 2.31. The van der Waals surface area contributed by atoms with Crippen molar-refractivity contribution in [2.24, 2.45) is 4.99 Å². The van der Waals surface area contributed by atoms with Crippen LogP contribution in [0.3, 0.4) is 0 Å². The highest BCUT2D eigenvalue weighted by molar-refractivity contribution is 7.99. The number of alkyl halides is 2. The molecule has 1 rings (SSSR count). The number of hydrogen-bond donors (Lipinski definition) is 0. The van der Waals surface area contributed by atoms with Gasteiger partial charge in [0.1, 0.15) is 0 Å². The summed E-state index contributed by atoms with van der Waals surface area (Å²) >= 11 is 1.49. The fourth-order valence-electron chi connectivity index (χ4n) is 1.16. The van der Waals surface area contributed by atoms with E-state index >= 15 is 0 Å². The van der Waals surface area contributed by atoms with Crippen molar-refractivity contribution in [2.75, 3.05) is 5.75 Å². The van der Waals surface area contributed by atoms with Crippen molar-refractivity contribution in [3.05, 3.63) is 23.8 Å². The minimum atomic E-state index is -2.49. The molecule has 0 saturated carbocycles. The molecule has 0 aliphatic carbocycles. The van der Waals surface area contributed by atoms with E-state index in [0.717, 1.165) is 10.6 Å². The van der Waals surface area contributed by atoms with E-state index < -0.39 is 6.43 Å². The summed E-state index contributed by atoms with van der Waals surface area (Å²) < 4.78 is 25.1. The second-order valence-corrected chi connectivity index (χ2v) is 3.89. The monoisotopic (exact) mass is 245 g/mol. The van der Waals surface area contributed by atoms with E-state index in [1.807, 2.05) is 20.8 Å². The number of para-hydroxylation sites is 1. The highest BCUT2D eigenvalue weighted by Gasteiger charge is 2.14. The second-order valence-electron chi connectivity index (χ2n) is 2.59. The molecule has 1 aromatic carbocycles. The molecule has 0 unspecified atom stereocenters. The Balaban J connectivity index is 0.00000106. The van der Waals surface area contributed by atoms with Crippen LogP contribution in [0.4, 0.5) is 14.5 Å². The zero-order valence-corrected chi connectivity index (χ0v) is 10.7. The predicted octanol–water partition coefficient (Wildman–Crippen LogP) is 5.09. The quantitative estimate of drug-likeness (QED) is 0.531. The molecule has 1 nitrogen and oxygen atoms in total. The predicted molar refractivity (Wildman–Crippen MR) is 68.4 cm³/mol. The van der Waals surface area contributed by atoms with E-state index in [2.05, 4.69) is 11.7 Å². The smallest absolute Gasteiger partial charge is 0.263 e. The van der Waals surface area contributed by atoms with Gasteiger partial charge in [-0.05, 0) is 18.5 Å². The van der Waals surface area contributed by atoms with Crippen LogP contribution in [0.5, 0.6) is 0 Å². The number of thioether (sulfide) groups is 1. The van der Waals surface area contributed by atoms with Crippen molar-refractivity contribution in [1.29, 1.82) is 0 Å². The molecule has 0 bridgehead atoms. The zero-order chi connectivity index (χ0) is 12.6. The molecule has 0 amide bonds. The van der Waals surface area contributed by atoms with Gasteiger partial charge >= 0.3 is 0 Å². The van der Waals surface area contributed by atoms with Gasteiger partial charge < -0.3 is 0 Å². The molecule has 0 aromatic heterocycles. The number of benzene rings is 1. The first-order chi connectivity index (χ1) is 7.70. The van der Waals surface area contributed by atoms with Gasteiger partial charge in [-0.1, -0.05) is 32.9 Å². The summed E-state index contributed by atoms with van der Waals surface area (Å²) in [4.78, 5) is 4.42. The summed E-state index contributed by atoms with van der Waals surface area (Å²) in [6.45, 7) is 9.29. The van der Waals surface area contributed by atoms with Crippen molar-refractivity contribution in [3.63, 3.8) is 0 Å². The molecule has 90 valence electrons. The van der Waals surface area contributed by atoms with Crippen LogP contribution in [0.1, 0.15) is 32.8 Å². The molecule has 0 saturated heterocycles. The van der Waals surface area contributed by atoms with Gasteiger partial charge in [-0.25, -0.2) is 8.78 Å². The van der Waals surface area contributed by atoms with E-state index in [1.165, 1.54) is 17.8 Å². The molecular weight excluding hydrogens is 228 g/mol. The number of aliphatic imine (C=N–C) groups is 1. The maximum absolute atomic E-state index is 12.5. The van der Waals surface area contributed by atoms with Crippen molar-refractivity contribution >= 4 is 24.2 Å². The fourth-order valence-corrected chi connectivity index (χ4v) is 1.96. The number of nitrogens with zero attached hydrogens (tertiary/aromatic N) is 1. The molecule has 1 aromatic rings. The topological polar surface area (TPSA) is 12.4 Å². The van der Waals surface area contributed by atoms with Gasteiger partial charge in [-0.2, -0.15) is 0 Å². The van der Waals surface area contributed by atoms with Crippen LogP contribution in [0.25, 0.3) is 0 Å². The average molecular weight is 245 g/mol.